The molecule has 0 amide bonds. The molecular formula is C36H8BF27O2P-. The Morgan fingerprint density at radius 1 is 0.313 bits per heavy atom. The van der Waals surface area contributed by atoms with Crippen LogP contribution in [0.1, 0.15) is 11.1 Å². The third-order valence-electron chi connectivity index (χ3n) is 11.4. The molecule has 2 nitrogen and oxygen atoms in total. The molecule has 0 N–H and O–H groups in total. The van der Waals surface area contributed by atoms with E-state index in [2.05, 4.69) is 9.05 Å². The zero-order valence-electron chi connectivity index (χ0n) is 30.7. The van der Waals surface area contributed by atoms with Crippen molar-refractivity contribution >= 4 is 39.8 Å². The van der Waals surface area contributed by atoms with Gasteiger partial charge in [0.2, 0.25) is 0 Å². The average Bonchev–Trinajstić information content (AvgIpc) is 3.70. The fourth-order valence-corrected chi connectivity index (χ4v) is 16.8. The second kappa shape index (κ2) is 14.3. The van der Waals surface area contributed by atoms with Gasteiger partial charge in [-0.2, -0.15) is 0 Å². The van der Waals surface area contributed by atoms with Crippen molar-refractivity contribution in [3.8, 4) is 0 Å². The van der Waals surface area contributed by atoms with Gasteiger partial charge >= 0.3 is 350 Å². The molecule has 0 aliphatic carbocycles. The standard InChI is InChI=1S/C36H8BF27O2P/c38-16-13(17(39)23(45)28(50)22(16)44)37(14-18(40)24(46)29(51)25(47)19(14)41,15-20(42)26(48)30(52)27(49)21(15)43)67(11-7-3-1-5-9(11)31(65-67,33(53,54)55)34(56,57)58)12-8-4-2-6-10(12)32(66-67,35(59,60)61)36(62,63)64/h1-8H/q-1. The van der Waals surface area contributed by atoms with Crippen LogP contribution in [0, 0.1) is 87.3 Å². The molecular weight excluding hydrogens is 1020 g/mol. The van der Waals surface area contributed by atoms with Crippen molar-refractivity contribution in [2.45, 2.75) is 35.9 Å². The third kappa shape index (κ3) is 5.39. The van der Waals surface area contributed by atoms with Gasteiger partial charge in [-0.3, -0.25) is 0 Å². The van der Waals surface area contributed by atoms with E-state index in [-0.39, 0.29) is 24.3 Å². The molecule has 0 aromatic heterocycles. The first-order valence-corrected chi connectivity index (χ1v) is 19.2. The van der Waals surface area contributed by atoms with Crippen LogP contribution in [0.2, 0.25) is 0 Å². The van der Waals surface area contributed by atoms with Crippen molar-refractivity contribution in [2.75, 3.05) is 0 Å². The number of hydrogen-bond acceptors (Lipinski definition) is 2. The van der Waals surface area contributed by atoms with Gasteiger partial charge in [-0.1, -0.05) is 0 Å². The first-order chi connectivity index (χ1) is 30.5. The Morgan fingerprint density at radius 3 is 0.716 bits per heavy atom. The maximum atomic E-state index is 17.0. The van der Waals surface area contributed by atoms with E-state index in [9.17, 15) is 13.2 Å². The molecule has 2 aliphatic heterocycles. The first kappa shape index (κ1) is 49.5. The second-order valence-corrected chi connectivity index (χ2v) is 18.5. The van der Waals surface area contributed by atoms with Crippen molar-refractivity contribution in [1.82, 2.24) is 0 Å². The van der Waals surface area contributed by atoms with Gasteiger partial charge in [-0.05, 0) is 0 Å². The molecule has 0 saturated heterocycles. The van der Waals surface area contributed by atoms with E-state index < -0.39 is 198 Å². The molecule has 0 saturated carbocycles. The van der Waals surface area contributed by atoms with Gasteiger partial charge in [-0.15, -0.1) is 0 Å². The predicted octanol–water partition coefficient (Wildman–Crippen LogP) is 10.5. The van der Waals surface area contributed by atoms with Crippen LogP contribution in [0.15, 0.2) is 48.5 Å². The van der Waals surface area contributed by atoms with Gasteiger partial charge < -0.3 is 0 Å². The Bertz CT molecular complexity index is 2600. The zero-order chi connectivity index (χ0) is 50.7. The van der Waals surface area contributed by atoms with Gasteiger partial charge in [-0.25, -0.2) is 0 Å². The maximum absolute atomic E-state index is 17.0. The van der Waals surface area contributed by atoms with Crippen LogP contribution in [0.3, 0.4) is 0 Å². The third-order valence-corrected chi connectivity index (χ3v) is 17.5. The van der Waals surface area contributed by atoms with Crippen molar-refractivity contribution in [1.29, 1.82) is 0 Å². The molecule has 5 aromatic carbocycles. The number of benzene rings is 5. The molecule has 31 heteroatoms. The van der Waals surface area contributed by atoms with Gasteiger partial charge in [0.05, 0.1) is 0 Å². The SMILES string of the molecule is Fc1c(F)c(F)c([B-](c2c(F)c(F)c(F)c(F)c2F)(c2c(F)c(F)c(F)c(F)c2F)P23(OC(C(F)(F)F)(C(F)(F)F)c4ccccc42)OC(C(F)(F)F)(C(F)(F)F)c2ccccc23)c(F)c1F. The van der Waals surface area contributed by atoms with Crippen LogP contribution < -0.4 is 27.0 Å². The number of halogens is 27. The normalized spacial score (nSPS) is 18.2. The number of rotatable bonds is 4. The monoisotopic (exact) mass is 1030 g/mol. The van der Waals surface area contributed by atoms with Crippen molar-refractivity contribution in [2.24, 2.45) is 0 Å². The molecule has 0 atom stereocenters. The Labute approximate surface area is 350 Å². The van der Waals surface area contributed by atoms with Gasteiger partial charge in [0.25, 0.3) is 0 Å². The van der Waals surface area contributed by atoms with Crippen LogP contribution in [-0.4, -0.2) is 30.6 Å². The Morgan fingerprint density at radius 2 is 0.507 bits per heavy atom. The molecule has 2 heterocycles. The van der Waals surface area contributed by atoms with Gasteiger partial charge in [0.15, 0.2) is 0 Å². The minimum atomic E-state index is -10.7. The molecule has 7 rings (SSSR count). The van der Waals surface area contributed by atoms with E-state index >= 15 is 105 Å². The molecule has 0 fully saturated rings. The Balaban J connectivity index is 2.15. The van der Waals surface area contributed by atoms with Crippen molar-refractivity contribution in [3.05, 3.63) is 147 Å². The van der Waals surface area contributed by atoms with E-state index in [1.165, 1.54) is 0 Å². The summed E-state index contributed by atoms with van der Waals surface area (Å²) in [7, 11) is 0. The Kier molecular flexibility index (Phi) is 10.6. The number of hydrogen-bond donors (Lipinski definition) is 0. The molecule has 362 valence electrons. The summed E-state index contributed by atoms with van der Waals surface area (Å²) in [4.78, 5) is 0. The van der Waals surface area contributed by atoms with Crippen LogP contribution in [0.25, 0.3) is 0 Å². The van der Waals surface area contributed by atoms with E-state index in [1.807, 2.05) is 0 Å². The summed E-state index contributed by atoms with van der Waals surface area (Å²) in [5, 5.41) is -6.38. The van der Waals surface area contributed by atoms with Crippen LogP contribution in [0.4, 0.5) is 119 Å². The van der Waals surface area contributed by atoms with E-state index in [4.69, 9.17) is 0 Å². The molecule has 1 spiro atoms. The minimum absolute atomic E-state index is 0.111. The summed E-state index contributed by atoms with van der Waals surface area (Å²) in [6.45, 7) is -10.7. The summed E-state index contributed by atoms with van der Waals surface area (Å²) in [6, 6.07) is -3.51. The van der Waals surface area contributed by atoms with Crippen molar-refractivity contribution < 1.29 is 128 Å². The first-order valence-electron chi connectivity index (χ1n) is 17.1. The van der Waals surface area contributed by atoms with Gasteiger partial charge in [0, 0.05) is 0 Å². The average molecular weight is 1030 g/mol. The molecule has 0 radical (unpaired) electrons. The van der Waals surface area contributed by atoms with Crippen molar-refractivity contribution in [3.63, 3.8) is 0 Å². The summed E-state index contributed by atoms with van der Waals surface area (Å²) in [5.41, 5.74) is -33.4. The number of fused-ring (bicyclic) bond motifs is 4. The predicted molar refractivity (Wildman–Crippen MR) is 172 cm³/mol. The number of alkyl halides is 12. The Hall–Kier alpha value is -5.38. The van der Waals surface area contributed by atoms with Gasteiger partial charge in [0.1, 0.15) is 0 Å². The molecule has 0 unspecified atom stereocenters. The van der Waals surface area contributed by atoms with E-state index in [0.717, 1.165) is 0 Å². The second-order valence-electron chi connectivity index (χ2n) is 14.4. The van der Waals surface area contributed by atoms with E-state index in [1.54, 1.807) is 0 Å². The zero-order valence-corrected chi connectivity index (χ0v) is 31.6. The summed E-state index contributed by atoms with van der Waals surface area (Å²) < 4.78 is 439. The van der Waals surface area contributed by atoms with E-state index in [0.29, 0.717) is 0 Å². The summed E-state index contributed by atoms with van der Waals surface area (Å²) >= 11 is 0. The summed E-state index contributed by atoms with van der Waals surface area (Å²) in [6.07, 6.45) is -31.1. The van der Waals surface area contributed by atoms with Crippen LogP contribution >= 0.6 is 6.94 Å². The molecule has 5 aromatic rings. The fourth-order valence-electron chi connectivity index (χ4n) is 9.09. The molecule has 67 heavy (non-hydrogen) atoms. The molecule has 0 bridgehead atoms. The van der Waals surface area contributed by atoms with Crippen LogP contribution in [-0.2, 0) is 20.2 Å². The quantitative estimate of drug-likeness (QED) is 0.0587. The summed E-state index contributed by atoms with van der Waals surface area (Å²) in [5.74, 6) is -69.5. The topological polar surface area (TPSA) is 18.5 Å². The fraction of sp³-hybridized carbons (Fsp3) is 0.167. The molecule has 2 aliphatic rings. The van der Waals surface area contributed by atoms with Crippen LogP contribution in [0.5, 0.6) is 0 Å².